The van der Waals surface area contributed by atoms with Gasteiger partial charge in [-0.2, -0.15) is 9.67 Å². The van der Waals surface area contributed by atoms with Gasteiger partial charge in [0.1, 0.15) is 12.1 Å². The van der Waals surface area contributed by atoms with E-state index < -0.39 is 0 Å². The highest BCUT2D eigenvalue weighted by atomic mass is 15.4. The lowest BCUT2D eigenvalue weighted by atomic mass is 10.0. The fourth-order valence-corrected chi connectivity index (χ4v) is 3.02. The highest BCUT2D eigenvalue weighted by molar-refractivity contribution is 5.54. The van der Waals surface area contributed by atoms with E-state index in [1.165, 1.54) is 16.6 Å². The van der Waals surface area contributed by atoms with E-state index in [-0.39, 0.29) is 12.0 Å². The number of benzene rings is 2. The van der Waals surface area contributed by atoms with E-state index in [0.29, 0.717) is 17.6 Å². The Labute approximate surface area is 168 Å². The summed E-state index contributed by atoms with van der Waals surface area (Å²) in [5.74, 6) is 1.87. The molecule has 8 nitrogen and oxygen atoms in total. The van der Waals surface area contributed by atoms with Crippen LogP contribution in [-0.4, -0.2) is 24.7 Å². The molecular formula is C21H22N8. The van der Waals surface area contributed by atoms with Crippen molar-refractivity contribution in [1.82, 2.24) is 24.7 Å². The second-order valence-electron chi connectivity index (χ2n) is 6.47. The molecule has 8 heteroatoms. The van der Waals surface area contributed by atoms with E-state index in [4.69, 9.17) is 5.73 Å². The van der Waals surface area contributed by atoms with Crippen molar-refractivity contribution in [2.45, 2.75) is 19.4 Å². The quantitative estimate of drug-likeness (QED) is 0.441. The lowest BCUT2D eigenvalue weighted by Crippen LogP contribution is -2.12. The summed E-state index contributed by atoms with van der Waals surface area (Å²) in [5.41, 5.74) is 8.14. The van der Waals surface area contributed by atoms with Gasteiger partial charge in [0.15, 0.2) is 5.82 Å². The Balaban J connectivity index is 1.56. The summed E-state index contributed by atoms with van der Waals surface area (Å²) in [4.78, 5) is 12.9. The number of nitrogens with one attached hydrogen (secondary N) is 2. The van der Waals surface area contributed by atoms with Crippen LogP contribution in [0.3, 0.4) is 0 Å². The van der Waals surface area contributed by atoms with Crippen LogP contribution < -0.4 is 16.4 Å². The Bertz CT molecular complexity index is 1060. The average molecular weight is 386 g/mol. The molecule has 0 fully saturated rings. The Morgan fingerprint density at radius 2 is 1.72 bits per heavy atom. The highest BCUT2D eigenvalue weighted by Crippen LogP contribution is 2.22. The van der Waals surface area contributed by atoms with Gasteiger partial charge in [-0.1, -0.05) is 55.5 Å². The lowest BCUT2D eigenvalue weighted by Gasteiger charge is -2.18. The van der Waals surface area contributed by atoms with Gasteiger partial charge in [0.2, 0.25) is 11.9 Å². The first kappa shape index (κ1) is 18.4. The van der Waals surface area contributed by atoms with Crippen LogP contribution in [0.2, 0.25) is 0 Å². The molecule has 2 aromatic heterocycles. The van der Waals surface area contributed by atoms with Crippen molar-refractivity contribution >= 4 is 23.4 Å². The van der Waals surface area contributed by atoms with Crippen LogP contribution in [-0.2, 0) is 0 Å². The van der Waals surface area contributed by atoms with Crippen LogP contribution in [0.1, 0.15) is 24.9 Å². The zero-order chi connectivity index (χ0) is 20.1. The molecule has 4 aromatic rings. The summed E-state index contributed by atoms with van der Waals surface area (Å²) in [5, 5.41) is 11.0. The van der Waals surface area contributed by atoms with Gasteiger partial charge in [0, 0.05) is 11.8 Å². The Morgan fingerprint density at radius 1 is 1.00 bits per heavy atom. The zero-order valence-electron chi connectivity index (χ0n) is 16.0. The monoisotopic (exact) mass is 386 g/mol. The Hall–Kier alpha value is -3.94. The third kappa shape index (κ3) is 4.32. The molecule has 0 radical (unpaired) electrons. The van der Waals surface area contributed by atoms with Crippen LogP contribution in [0.5, 0.6) is 0 Å². The van der Waals surface area contributed by atoms with Crippen molar-refractivity contribution in [2.24, 2.45) is 0 Å². The molecule has 0 bridgehead atoms. The molecule has 146 valence electrons. The van der Waals surface area contributed by atoms with E-state index in [2.05, 4.69) is 49.7 Å². The van der Waals surface area contributed by atoms with Crippen molar-refractivity contribution in [2.75, 3.05) is 16.4 Å². The molecule has 2 heterocycles. The second kappa shape index (κ2) is 8.39. The maximum atomic E-state index is 6.06. The summed E-state index contributed by atoms with van der Waals surface area (Å²) in [6.07, 6.45) is 2.40. The van der Waals surface area contributed by atoms with Gasteiger partial charge in [0.05, 0.1) is 6.04 Å². The predicted octanol–water partition coefficient (Wildman–Crippen LogP) is 3.95. The number of hydrogen-bond acceptors (Lipinski definition) is 7. The minimum absolute atomic E-state index is 0.141. The van der Waals surface area contributed by atoms with Crippen molar-refractivity contribution < 1.29 is 0 Å². The lowest BCUT2D eigenvalue weighted by molar-refractivity contribution is 0.742. The molecular weight excluding hydrogens is 364 g/mol. The zero-order valence-corrected chi connectivity index (χ0v) is 16.0. The maximum absolute atomic E-state index is 6.06. The van der Waals surface area contributed by atoms with E-state index in [1.807, 2.05) is 54.6 Å². The van der Waals surface area contributed by atoms with Gasteiger partial charge in [-0.3, -0.25) is 0 Å². The first-order valence-electron chi connectivity index (χ1n) is 9.41. The second-order valence-corrected chi connectivity index (χ2v) is 6.47. The largest absolute Gasteiger partial charge is 0.368 e. The first-order valence-corrected chi connectivity index (χ1v) is 9.41. The van der Waals surface area contributed by atoms with Gasteiger partial charge in [-0.15, -0.1) is 5.10 Å². The number of aromatic nitrogens is 5. The number of nitrogens with zero attached hydrogens (tertiary/aromatic N) is 5. The molecule has 1 atom stereocenters. The van der Waals surface area contributed by atoms with E-state index in [1.54, 1.807) is 0 Å². The predicted molar refractivity (Wildman–Crippen MR) is 114 cm³/mol. The molecule has 0 spiro atoms. The summed E-state index contributed by atoms with van der Waals surface area (Å²) in [6, 6.07) is 21.9. The van der Waals surface area contributed by atoms with Crippen molar-refractivity contribution in [1.29, 1.82) is 0 Å². The Kier molecular flexibility index (Phi) is 5.33. The van der Waals surface area contributed by atoms with E-state index >= 15 is 0 Å². The van der Waals surface area contributed by atoms with Crippen LogP contribution in [0, 0.1) is 0 Å². The normalized spacial score (nSPS) is 11.8. The minimum atomic E-state index is 0.141. The highest BCUT2D eigenvalue weighted by Gasteiger charge is 2.13. The number of para-hydroxylation sites is 1. The molecule has 4 N–H and O–H groups in total. The third-order valence-electron chi connectivity index (χ3n) is 4.46. The van der Waals surface area contributed by atoms with Crippen LogP contribution in [0.15, 0.2) is 73.1 Å². The summed E-state index contributed by atoms with van der Waals surface area (Å²) < 4.78 is 1.49. The molecule has 0 amide bonds. The maximum Gasteiger partial charge on any atom is 0.248 e. The smallest absolute Gasteiger partial charge is 0.248 e. The van der Waals surface area contributed by atoms with Gasteiger partial charge >= 0.3 is 0 Å². The van der Waals surface area contributed by atoms with Gasteiger partial charge in [-0.25, -0.2) is 9.97 Å². The third-order valence-corrected chi connectivity index (χ3v) is 4.46. The van der Waals surface area contributed by atoms with Crippen LogP contribution >= 0.6 is 0 Å². The van der Waals surface area contributed by atoms with Gasteiger partial charge < -0.3 is 16.4 Å². The fourth-order valence-electron chi connectivity index (χ4n) is 3.02. The number of nitrogens with two attached hydrogens (primary N) is 1. The fraction of sp³-hybridized carbons (Fsp3) is 0.143. The van der Waals surface area contributed by atoms with Gasteiger partial charge in [0.25, 0.3) is 0 Å². The molecule has 0 aliphatic carbocycles. The number of nitrogen functional groups attached to an aromatic ring is 1. The topological polar surface area (TPSA) is 107 Å². The number of hydrogen-bond donors (Lipinski definition) is 3. The molecule has 0 unspecified atom stereocenters. The number of rotatable bonds is 7. The molecule has 4 rings (SSSR count). The van der Waals surface area contributed by atoms with Crippen LogP contribution in [0.4, 0.5) is 23.4 Å². The molecule has 0 aliphatic rings. The number of anilines is 4. The summed E-state index contributed by atoms with van der Waals surface area (Å²) in [7, 11) is 0. The SMILES string of the molecule is CC[C@@H](Nc1cc(-n2nc(Nc3ccccc3)nc2N)ncn1)c1ccccc1. The first-order chi connectivity index (χ1) is 14.2. The summed E-state index contributed by atoms with van der Waals surface area (Å²) >= 11 is 0. The van der Waals surface area contributed by atoms with Crippen molar-refractivity contribution in [3.8, 4) is 5.82 Å². The van der Waals surface area contributed by atoms with Crippen LogP contribution in [0.25, 0.3) is 5.82 Å². The van der Waals surface area contributed by atoms with E-state index in [0.717, 1.165) is 12.1 Å². The average Bonchev–Trinajstić information content (AvgIpc) is 3.13. The molecule has 2 aromatic carbocycles. The standard InChI is InChI=1S/C21H22N8/c1-2-17(15-9-5-3-6-10-15)26-18-13-19(24-14-23-18)29-20(22)27-21(28-29)25-16-11-7-4-8-12-16/h3-14,17H,2H2,1H3,(H,23,24,26)(H3,22,25,27,28)/t17-/m1/s1. The van der Waals surface area contributed by atoms with Crippen molar-refractivity contribution in [3.05, 3.63) is 78.6 Å². The molecule has 0 aliphatic heterocycles. The van der Waals surface area contributed by atoms with Crippen molar-refractivity contribution in [3.63, 3.8) is 0 Å². The summed E-state index contributed by atoms with van der Waals surface area (Å²) in [6.45, 7) is 2.13. The Morgan fingerprint density at radius 3 is 2.45 bits per heavy atom. The van der Waals surface area contributed by atoms with Gasteiger partial charge in [-0.05, 0) is 24.1 Å². The molecule has 29 heavy (non-hydrogen) atoms. The molecule has 0 saturated heterocycles. The minimum Gasteiger partial charge on any atom is -0.368 e. The molecule has 0 saturated carbocycles. The van der Waals surface area contributed by atoms with E-state index in [9.17, 15) is 0 Å².